The Labute approximate surface area is 90.9 Å². The molecule has 0 aliphatic heterocycles. The Kier molecular flexibility index (Phi) is 8.59. The topological polar surface area (TPSA) is 0 Å². The van der Waals surface area contributed by atoms with E-state index in [0.717, 1.165) is 4.47 Å². The van der Waals surface area contributed by atoms with Gasteiger partial charge in [-0.25, -0.2) is 4.39 Å². The van der Waals surface area contributed by atoms with Gasteiger partial charge in [-0.3, -0.25) is 0 Å². The van der Waals surface area contributed by atoms with Crippen LogP contribution in [0.15, 0.2) is 22.7 Å². The molecule has 0 N–H and O–H groups in total. The molecule has 1 aromatic carbocycles. The molecular formula is C6H3Br2FZn-. The smallest absolute Gasteiger partial charge is 0.132 e. The Hall–Kier alpha value is 0.733. The summed E-state index contributed by atoms with van der Waals surface area (Å²) in [5.74, 6) is -0.334. The molecule has 0 saturated carbocycles. The number of halogens is 3. The third-order valence-electron chi connectivity index (χ3n) is 0.728. The van der Waals surface area contributed by atoms with Gasteiger partial charge in [0.25, 0.3) is 0 Å². The van der Waals surface area contributed by atoms with Crippen molar-refractivity contribution in [1.29, 1.82) is 0 Å². The summed E-state index contributed by atoms with van der Waals surface area (Å²) in [5.41, 5.74) is 0. The molecule has 0 atom stereocenters. The zero-order valence-corrected chi connectivity index (χ0v) is 11.2. The molecule has 0 bridgehead atoms. The normalized spacial score (nSPS) is 7.40. The van der Waals surface area contributed by atoms with E-state index in [-0.39, 0.29) is 42.3 Å². The van der Waals surface area contributed by atoms with Gasteiger partial charge in [0.15, 0.2) is 0 Å². The first-order chi connectivity index (χ1) is 3.79. The van der Waals surface area contributed by atoms with Gasteiger partial charge in [-0.05, 0) is 12.1 Å². The Balaban J connectivity index is 0. The van der Waals surface area contributed by atoms with Crippen LogP contribution in [0.5, 0.6) is 0 Å². The average Bonchev–Trinajstić information content (AvgIpc) is 1.64. The molecule has 51 valence electrons. The first-order valence-corrected chi connectivity index (χ1v) is 2.91. The van der Waals surface area contributed by atoms with Gasteiger partial charge in [0, 0.05) is 30.0 Å². The van der Waals surface area contributed by atoms with Crippen molar-refractivity contribution in [2.24, 2.45) is 0 Å². The molecule has 0 fully saturated rings. The maximum Gasteiger partial charge on any atom is 0.132 e. The van der Waals surface area contributed by atoms with Crippen molar-refractivity contribution < 1.29 is 40.8 Å². The molecular weight excluding hydrogens is 316 g/mol. The first kappa shape index (κ1) is 13.3. The van der Waals surface area contributed by atoms with Gasteiger partial charge in [-0.2, -0.15) is 0 Å². The minimum Gasteiger partial charge on any atom is -1.00 e. The predicted octanol–water partition coefficient (Wildman–Crippen LogP) is -0.610. The maximum atomic E-state index is 12.1. The summed E-state index contributed by atoms with van der Waals surface area (Å²) < 4.78 is 12.8. The summed E-state index contributed by atoms with van der Waals surface area (Å²) in [7, 11) is 0. The van der Waals surface area contributed by atoms with Crippen LogP contribution >= 0.6 is 15.9 Å². The van der Waals surface area contributed by atoms with Gasteiger partial charge in [0.1, 0.15) is 5.82 Å². The maximum absolute atomic E-state index is 12.1. The molecule has 1 aromatic rings. The second-order valence-corrected chi connectivity index (χ2v) is 2.27. The zero-order chi connectivity index (χ0) is 5.98. The van der Waals surface area contributed by atoms with Crippen LogP contribution in [0.2, 0.25) is 0 Å². The van der Waals surface area contributed by atoms with Gasteiger partial charge in [-0.15, -0.1) is 0 Å². The van der Waals surface area contributed by atoms with E-state index in [9.17, 15) is 4.39 Å². The molecule has 10 heavy (non-hydrogen) atoms. The average molecular weight is 319 g/mol. The number of rotatable bonds is 0. The van der Waals surface area contributed by atoms with Crippen LogP contribution < -0.4 is 17.0 Å². The zero-order valence-electron chi connectivity index (χ0n) is 5.07. The number of hydrogen-bond acceptors (Lipinski definition) is 0. The summed E-state index contributed by atoms with van der Waals surface area (Å²) in [6.45, 7) is 0. The minimum absolute atomic E-state index is 0. The van der Waals surface area contributed by atoms with Crippen LogP contribution in [-0.2, 0) is 19.5 Å². The molecule has 0 aromatic heterocycles. The van der Waals surface area contributed by atoms with Crippen molar-refractivity contribution in [1.82, 2.24) is 0 Å². The number of benzene rings is 1. The molecule has 0 aliphatic rings. The fraction of sp³-hybridized carbons (Fsp3) is 0. The van der Waals surface area contributed by atoms with E-state index in [4.69, 9.17) is 0 Å². The predicted molar refractivity (Wildman–Crippen MR) is 32.9 cm³/mol. The van der Waals surface area contributed by atoms with E-state index in [1.807, 2.05) is 0 Å². The minimum atomic E-state index is -0.334. The van der Waals surface area contributed by atoms with Crippen molar-refractivity contribution in [3.63, 3.8) is 0 Å². The van der Waals surface area contributed by atoms with Crippen molar-refractivity contribution in [3.8, 4) is 0 Å². The Bertz CT molecular complexity index is 176. The quantitative estimate of drug-likeness (QED) is 0.560. The van der Waals surface area contributed by atoms with Crippen molar-refractivity contribution in [3.05, 3.63) is 34.6 Å². The summed E-state index contributed by atoms with van der Waals surface area (Å²) in [5, 5.41) is 0. The Morgan fingerprint density at radius 2 is 2.10 bits per heavy atom. The van der Waals surface area contributed by atoms with E-state index in [0.29, 0.717) is 0 Å². The van der Waals surface area contributed by atoms with Gasteiger partial charge in [-0.1, -0.05) is 22.0 Å². The van der Waals surface area contributed by atoms with E-state index in [1.165, 1.54) is 12.1 Å². The second kappa shape index (κ2) is 6.44. The van der Waals surface area contributed by atoms with Gasteiger partial charge in [0.2, 0.25) is 0 Å². The van der Waals surface area contributed by atoms with E-state index in [1.54, 1.807) is 6.07 Å². The van der Waals surface area contributed by atoms with E-state index in [2.05, 4.69) is 22.0 Å². The van der Waals surface area contributed by atoms with Gasteiger partial charge < -0.3 is 17.0 Å². The third kappa shape index (κ3) is 4.53. The van der Waals surface area contributed by atoms with Crippen LogP contribution in [-0.4, -0.2) is 0 Å². The van der Waals surface area contributed by atoms with Crippen LogP contribution in [0.4, 0.5) is 4.39 Å². The Morgan fingerprint density at radius 3 is 2.40 bits per heavy atom. The second-order valence-electron chi connectivity index (χ2n) is 1.35. The molecule has 0 nitrogen and oxygen atoms in total. The SMILES string of the molecule is Fc1[c]ccc(Br)c1.[Br-].[Zn]. The van der Waals surface area contributed by atoms with Crippen LogP contribution in [0.25, 0.3) is 0 Å². The van der Waals surface area contributed by atoms with E-state index >= 15 is 0 Å². The summed E-state index contributed by atoms with van der Waals surface area (Å²) in [6, 6.07) is 6.99. The van der Waals surface area contributed by atoms with Crippen LogP contribution in [0.3, 0.4) is 0 Å². The van der Waals surface area contributed by atoms with E-state index < -0.39 is 0 Å². The largest absolute Gasteiger partial charge is 1.00 e. The molecule has 4 heteroatoms. The van der Waals surface area contributed by atoms with Crippen LogP contribution in [0, 0.1) is 11.9 Å². The molecule has 0 saturated heterocycles. The van der Waals surface area contributed by atoms with Crippen molar-refractivity contribution in [2.75, 3.05) is 0 Å². The molecule has 0 aliphatic carbocycles. The molecule has 1 rings (SSSR count). The molecule has 0 spiro atoms. The monoisotopic (exact) mass is 316 g/mol. The van der Waals surface area contributed by atoms with Crippen LogP contribution in [0.1, 0.15) is 0 Å². The fourth-order valence-electron chi connectivity index (χ4n) is 0.412. The standard InChI is InChI=1S/C6H3BrF.BrH.Zn/c7-5-2-1-3-6(8)4-5;;/h1-2,4H;1H;/p-1. The molecule has 0 unspecified atom stereocenters. The summed E-state index contributed by atoms with van der Waals surface area (Å²) >= 11 is 3.10. The third-order valence-corrected chi connectivity index (χ3v) is 1.22. The number of hydrogen-bond donors (Lipinski definition) is 0. The first-order valence-electron chi connectivity index (χ1n) is 2.12. The summed E-state index contributed by atoms with van der Waals surface area (Å²) in [6.07, 6.45) is 0. The molecule has 1 radical (unpaired) electrons. The Morgan fingerprint density at radius 1 is 1.50 bits per heavy atom. The molecule has 0 amide bonds. The van der Waals surface area contributed by atoms with Gasteiger partial charge in [0.05, 0.1) is 0 Å². The van der Waals surface area contributed by atoms with Gasteiger partial charge >= 0.3 is 0 Å². The molecule has 0 heterocycles. The summed E-state index contributed by atoms with van der Waals surface area (Å²) in [4.78, 5) is 0. The van der Waals surface area contributed by atoms with Crippen molar-refractivity contribution >= 4 is 15.9 Å². The van der Waals surface area contributed by atoms with Crippen molar-refractivity contribution in [2.45, 2.75) is 0 Å². The fourth-order valence-corrected chi connectivity index (χ4v) is 0.745.